The number of carbonyl (C=O) groups is 1. The number of ether oxygens (including phenoxy) is 2. The van der Waals surface area contributed by atoms with Crippen LogP contribution in [0.1, 0.15) is 45.4 Å². The predicted molar refractivity (Wildman–Crippen MR) is 77.5 cm³/mol. The summed E-state index contributed by atoms with van der Waals surface area (Å²) in [5.41, 5.74) is -0.201. The van der Waals surface area contributed by atoms with Gasteiger partial charge in [0.25, 0.3) is 0 Å². The van der Waals surface area contributed by atoms with Crippen molar-refractivity contribution in [3.05, 3.63) is 12.2 Å². The number of hydrogen-bond acceptors (Lipinski definition) is 3. The molecule has 114 valence electrons. The minimum atomic E-state index is -0.201. The molecule has 0 spiro atoms. The monoisotopic (exact) mass is 288 g/mol. The maximum Gasteiger partial charge on any atom is 0.312 e. The molecule has 0 aromatic rings. The van der Waals surface area contributed by atoms with E-state index < -0.39 is 0 Å². The third-order valence-corrected chi connectivity index (χ3v) is 6.92. The van der Waals surface area contributed by atoms with Crippen molar-refractivity contribution in [2.75, 3.05) is 0 Å². The fraction of sp³-hybridized carbons (Fsp3) is 0.833. The van der Waals surface area contributed by atoms with E-state index in [0.29, 0.717) is 23.9 Å². The minimum absolute atomic E-state index is 0.00132. The molecule has 7 atom stereocenters. The Hall–Kier alpha value is -0.830. The van der Waals surface area contributed by atoms with Crippen LogP contribution in [0, 0.1) is 29.6 Å². The van der Waals surface area contributed by atoms with Crippen LogP contribution in [0.15, 0.2) is 12.2 Å². The lowest BCUT2D eigenvalue weighted by Crippen LogP contribution is -2.42. The Labute approximate surface area is 126 Å². The molecule has 3 aliphatic carbocycles. The zero-order valence-electron chi connectivity index (χ0n) is 12.7. The van der Waals surface area contributed by atoms with Gasteiger partial charge >= 0.3 is 5.97 Å². The van der Waals surface area contributed by atoms with E-state index in [1.807, 2.05) is 0 Å². The van der Waals surface area contributed by atoms with Crippen LogP contribution in [-0.2, 0) is 14.3 Å². The highest BCUT2D eigenvalue weighted by Gasteiger charge is 2.64. The first-order valence-corrected chi connectivity index (χ1v) is 8.71. The summed E-state index contributed by atoms with van der Waals surface area (Å²) in [4.78, 5) is 12.7. The van der Waals surface area contributed by atoms with Gasteiger partial charge in [-0.3, -0.25) is 4.79 Å². The molecule has 5 aliphatic rings. The summed E-state index contributed by atoms with van der Waals surface area (Å²) < 4.78 is 12.1. The maximum absolute atomic E-state index is 12.7. The first-order valence-electron chi connectivity index (χ1n) is 8.71. The second kappa shape index (κ2) is 4.13. The van der Waals surface area contributed by atoms with Gasteiger partial charge in [-0.1, -0.05) is 12.2 Å². The van der Waals surface area contributed by atoms with E-state index in [0.717, 1.165) is 25.2 Å². The Morgan fingerprint density at radius 3 is 2.62 bits per heavy atom. The van der Waals surface area contributed by atoms with Crippen molar-refractivity contribution >= 4 is 5.97 Å². The highest BCUT2D eigenvalue weighted by molar-refractivity contribution is 5.74. The van der Waals surface area contributed by atoms with Gasteiger partial charge in [-0.25, -0.2) is 0 Å². The molecule has 4 fully saturated rings. The smallest absolute Gasteiger partial charge is 0.312 e. The van der Waals surface area contributed by atoms with E-state index in [1.54, 1.807) is 0 Å². The molecule has 2 heterocycles. The van der Waals surface area contributed by atoms with Gasteiger partial charge < -0.3 is 9.47 Å². The summed E-state index contributed by atoms with van der Waals surface area (Å²) in [5, 5.41) is 0. The molecule has 2 saturated carbocycles. The molecule has 0 amide bonds. The van der Waals surface area contributed by atoms with Crippen LogP contribution in [0.3, 0.4) is 0 Å². The van der Waals surface area contributed by atoms with Crippen molar-refractivity contribution in [1.82, 2.24) is 0 Å². The largest absolute Gasteiger partial charge is 0.459 e. The van der Waals surface area contributed by atoms with Gasteiger partial charge in [0.1, 0.15) is 5.60 Å². The Bertz CT molecular complexity index is 505. The Kier molecular flexibility index (Phi) is 2.49. The third-order valence-electron chi connectivity index (χ3n) is 6.92. The Morgan fingerprint density at radius 1 is 1.14 bits per heavy atom. The number of hydrogen-bond donors (Lipinski definition) is 0. The molecule has 0 N–H and O–H groups in total. The van der Waals surface area contributed by atoms with Gasteiger partial charge in [0.15, 0.2) is 0 Å². The van der Waals surface area contributed by atoms with Crippen LogP contribution >= 0.6 is 0 Å². The van der Waals surface area contributed by atoms with E-state index in [4.69, 9.17) is 9.47 Å². The number of carbonyl (C=O) groups excluding carboxylic acids is 1. The summed E-state index contributed by atoms with van der Waals surface area (Å²) in [5.74, 6) is 2.69. The molecule has 0 aromatic carbocycles. The second-order valence-corrected chi connectivity index (χ2v) is 8.16. The quantitative estimate of drug-likeness (QED) is 0.578. The van der Waals surface area contributed by atoms with Gasteiger partial charge in [0, 0.05) is 0 Å². The molecule has 2 saturated heterocycles. The van der Waals surface area contributed by atoms with Crippen LogP contribution < -0.4 is 0 Å². The van der Waals surface area contributed by atoms with Crippen molar-refractivity contribution in [2.45, 2.75) is 63.3 Å². The molecule has 21 heavy (non-hydrogen) atoms. The topological polar surface area (TPSA) is 35.5 Å². The molecule has 3 nitrogen and oxygen atoms in total. The van der Waals surface area contributed by atoms with Gasteiger partial charge in [0.2, 0.25) is 0 Å². The molecule has 2 aliphatic heterocycles. The lowest BCUT2D eigenvalue weighted by Gasteiger charge is -2.34. The van der Waals surface area contributed by atoms with Crippen LogP contribution in [0.4, 0.5) is 0 Å². The summed E-state index contributed by atoms with van der Waals surface area (Å²) in [6.07, 6.45) is 11.8. The lowest BCUT2D eigenvalue weighted by molar-refractivity contribution is -0.165. The van der Waals surface area contributed by atoms with Crippen LogP contribution in [0.5, 0.6) is 0 Å². The van der Waals surface area contributed by atoms with Crippen LogP contribution in [0.25, 0.3) is 0 Å². The average Bonchev–Trinajstić information content (AvgIpc) is 3.23. The molecule has 4 bridgehead atoms. The summed E-state index contributed by atoms with van der Waals surface area (Å²) >= 11 is 0. The fourth-order valence-electron chi connectivity index (χ4n) is 6.00. The SMILES string of the molecule is CC1(OC(=O)C2CC3OC2C2C4C=CC(C4)C32)CCCC1. The first kappa shape index (κ1) is 12.7. The number of rotatable bonds is 2. The van der Waals surface area contributed by atoms with Crippen molar-refractivity contribution in [1.29, 1.82) is 0 Å². The summed E-state index contributed by atoms with van der Waals surface area (Å²) in [6.45, 7) is 2.11. The van der Waals surface area contributed by atoms with Crippen molar-refractivity contribution in [2.24, 2.45) is 29.6 Å². The fourth-order valence-corrected chi connectivity index (χ4v) is 6.00. The van der Waals surface area contributed by atoms with Gasteiger partial charge in [-0.2, -0.15) is 0 Å². The van der Waals surface area contributed by atoms with E-state index in [-0.39, 0.29) is 23.6 Å². The summed E-state index contributed by atoms with van der Waals surface area (Å²) in [7, 11) is 0. The number of esters is 1. The van der Waals surface area contributed by atoms with E-state index in [9.17, 15) is 4.79 Å². The van der Waals surface area contributed by atoms with Crippen LogP contribution in [0.2, 0.25) is 0 Å². The van der Waals surface area contributed by atoms with Crippen molar-refractivity contribution in [3.63, 3.8) is 0 Å². The van der Waals surface area contributed by atoms with E-state index in [1.165, 1.54) is 19.3 Å². The molecular weight excluding hydrogens is 264 g/mol. The van der Waals surface area contributed by atoms with Gasteiger partial charge in [-0.15, -0.1) is 0 Å². The van der Waals surface area contributed by atoms with E-state index >= 15 is 0 Å². The third kappa shape index (κ3) is 1.67. The first-order chi connectivity index (χ1) is 10.1. The zero-order valence-corrected chi connectivity index (χ0v) is 12.7. The van der Waals surface area contributed by atoms with Crippen molar-refractivity contribution < 1.29 is 14.3 Å². The lowest BCUT2D eigenvalue weighted by atomic mass is 9.69. The van der Waals surface area contributed by atoms with Gasteiger partial charge in [0.05, 0.1) is 18.1 Å². The molecule has 5 rings (SSSR count). The van der Waals surface area contributed by atoms with Crippen LogP contribution in [-0.4, -0.2) is 23.8 Å². The second-order valence-electron chi connectivity index (χ2n) is 8.16. The molecule has 7 unspecified atom stereocenters. The molecule has 0 aromatic heterocycles. The maximum atomic E-state index is 12.7. The van der Waals surface area contributed by atoms with E-state index in [2.05, 4.69) is 19.1 Å². The van der Waals surface area contributed by atoms with Crippen molar-refractivity contribution in [3.8, 4) is 0 Å². The normalized spacial score (nSPS) is 51.6. The summed E-state index contributed by atoms with van der Waals surface area (Å²) in [6, 6.07) is 0. The minimum Gasteiger partial charge on any atom is -0.459 e. The number of allylic oxidation sites excluding steroid dienone is 2. The Balaban J connectivity index is 1.34. The highest BCUT2D eigenvalue weighted by Crippen LogP contribution is 2.61. The molecule has 0 radical (unpaired) electrons. The highest BCUT2D eigenvalue weighted by atomic mass is 16.6. The Morgan fingerprint density at radius 2 is 1.86 bits per heavy atom. The standard InChI is InChI=1S/C18H24O3/c1-18(6-2-3-7-18)21-17(19)12-9-13-14-10-4-5-11(8-10)15(14)16(12)20-13/h4-5,10-16H,2-3,6-9H2,1H3. The van der Waals surface area contributed by atoms with Gasteiger partial charge in [-0.05, 0) is 69.1 Å². The zero-order chi connectivity index (χ0) is 14.2. The molecule has 3 heteroatoms. The predicted octanol–water partition coefficient (Wildman–Crippen LogP) is 3.09. The average molecular weight is 288 g/mol. The number of fused-ring (bicyclic) bond motifs is 9. The molecular formula is C18H24O3.